The Balaban J connectivity index is 0.00000324. The Morgan fingerprint density at radius 3 is 2.58 bits per heavy atom. The predicted octanol–water partition coefficient (Wildman–Crippen LogP) is 1.71. The van der Waals surface area contributed by atoms with Gasteiger partial charge >= 0.3 is 0 Å². The van der Waals surface area contributed by atoms with Crippen LogP contribution in [0, 0.1) is 11.8 Å². The second-order valence-electron chi connectivity index (χ2n) is 5.68. The number of nitrogens with one attached hydrogen (secondary N) is 2. The van der Waals surface area contributed by atoms with Crippen molar-refractivity contribution in [2.75, 3.05) is 19.6 Å². The number of carbonyl (C=O) groups excluding carboxylic acids is 1. The van der Waals surface area contributed by atoms with E-state index in [0.29, 0.717) is 25.3 Å². The highest BCUT2D eigenvalue weighted by Gasteiger charge is 2.14. The van der Waals surface area contributed by atoms with E-state index < -0.39 is 0 Å². The van der Waals surface area contributed by atoms with Crippen molar-refractivity contribution >= 4 is 18.3 Å². The number of hydrogen-bond acceptors (Lipinski definition) is 3. The molecular formula is C14H29ClN2O2. The Hall–Kier alpha value is -0.320. The molecule has 0 aromatic rings. The number of carbonyl (C=O) groups is 1. The fourth-order valence-electron chi connectivity index (χ4n) is 2.29. The van der Waals surface area contributed by atoms with Crippen LogP contribution in [0.25, 0.3) is 0 Å². The van der Waals surface area contributed by atoms with Gasteiger partial charge in [-0.25, -0.2) is 0 Å². The first-order valence-electron chi connectivity index (χ1n) is 7.25. The van der Waals surface area contributed by atoms with Crippen LogP contribution in [0.1, 0.15) is 46.0 Å². The number of amides is 1. The molecule has 19 heavy (non-hydrogen) atoms. The topological polar surface area (TPSA) is 61.4 Å². The Kier molecular flexibility index (Phi) is 10.3. The third-order valence-corrected chi connectivity index (χ3v) is 3.77. The summed E-state index contributed by atoms with van der Waals surface area (Å²) in [6.07, 6.45) is 4.35. The maximum absolute atomic E-state index is 11.6. The molecule has 1 atom stereocenters. The summed E-state index contributed by atoms with van der Waals surface area (Å²) in [5, 5.41) is 15.8. The maximum Gasteiger partial charge on any atom is 0.220 e. The average molecular weight is 293 g/mol. The van der Waals surface area contributed by atoms with Gasteiger partial charge < -0.3 is 15.7 Å². The van der Waals surface area contributed by atoms with E-state index in [1.165, 1.54) is 12.8 Å². The molecule has 1 aliphatic heterocycles. The SMILES string of the molecule is CC(C)C(O)CCNC(=O)CCC1CCNCC1.Cl. The fourth-order valence-corrected chi connectivity index (χ4v) is 2.29. The Labute approximate surface area is 123 Å². The lowest BCUT2D eigenvalue weighted by Gasteiger charge is -2.22. The van der Waals surface area contributed by atoms with Crippen LogP contribution in [-0.4, -0.2) is 36.8 Å². The van der Waals surface area contributed by atoms with Gasteiger partial charge in [0.2, 0.25) is 5.91 Å². The summed E-state index contributed by atoms with van der Waals surface area (Å²) in [6, 6.07) is 0. The van der Waals surface area contributed by atoms with E-state index in [1.54, 1.807) is 0 Å². The highest BCUT2D eigenvalue weighted by molar-refractivity contribution is 5.85. The maximum atomic E-state index is 11.6. The second-order valence-corrected chi connectivity index (χ2v) is 5.68. The number of piperidine rings is 1. The van der Waals surface area contributed by atoms with E-state index in [9.17, 15) is 9.90 Å². The molecule has 1 rings (SSSR count). The standard InChI is InChI=1S/C14H28N2O2.ClH/c1-11(2)13(17)7-10-16-14(18)4-3-12-5-8-15-9-6-12;/h11-13,15,17H,3-10H2,1-2H3,(H,16,18);1H. The zero-order valence-corrected chi connectivity index (χ0v) is 13.0. The van der Waals surface area contributed by atoms with Crippen molar-refractivity contribution < 1.29 is 9.90 Å². The van der Waals surface area contributed by atoms with Gasteiger partial charge in [0.1, 0.15) is 0 Å². The van der Waals surface area contributed by atoms with Gasteiger partial charge in [-0.2, -0.15) is 0 Å². The van der Waals surface area contributed by atoms with Gasteiger partial charge in [-0.05, 0) is 50.6 Å². The number of aliphatic hydroxyl groups is 1. The van der Waals surface area contributed by atoms with Crippen molar-refractivity contribution in [3.8, 4) is 0 Å². The van der Waals surface area contributed by atoms with Crippen LogP contribution in [0.4, 0.5) is 0 Å². The number of halogens is 1. The Bertz CT molecular complexity index is 244. The molecule has 1 unspecified atom stereocenters. The molecule has 1 saturated heterocycles. The average Bonchev–Trinajstić information content (AvgIpc) is 2.37. The fraction of sp³-hybridized carbons (Fsp3) is 0.929. The first kappa shape index (κ1) is 18.7. The minimum absolute atomic E-state index is 0. The molecule has 0 saturated carbocycles. The van der Waals surface area contributed by atoms with Crippen LogP contribution in [0.15, 0.2) is 0 Å². The molecule has 4 nitrogen and oxygen atoms in total. The third kappa shape index (κ3) is 8.45. The van der Waals surface area contributed by atoms with Crippen LogP contribution < -0.4 is 10.6 Å². The monoisotopic (exact) mass is 292 g/mol. The van der Waals surface area contributed by atoms with Crippen molar-refractivity contribution in [3.05, 3.63) is 0 Å². The van der Waals surface area contributed by atoms with Crippen LogP contribution >= 0.6 is 12.4 Å². The van der Waals surface area contributed by atoms with E-state index in [-0.39, 0.29) is 30.3 Å². The summed E-state index contributed by atoms with van der Waals surface area (Å²) in [5.41, 5.74) is 0. The van der Waals surface area contributed by atoms with E-state index in [0.717, 1.165) is 19.5 Å². The molecule has 3 N–H and O–H groups in total. The summed E-state index contributed by atoms with van der Waals surface area (Å²) in [4.78, 5) is 11.6. The second kappa shape index (κ2) is 10.5. The molecule has 0 bridgehead atoms. The first-order chi connectivity index (χ1) is 8.59. The molecule has 0 radical (unpaired) electrons. The Morgan fingerprint density at radius 2 is 2.00 bits per heavy atom. The lowest BCUT2D eigenvalue weighted by Crippen LogP contribution is -2.31. The summed E-state index contributed by atoms with van der Waals surface area (Å²) in [6.45, 7) is 6.75. The number of aliphatic hydroxyl groups excluding tert-OH is 1. The quantitative estimate of drug-likeness (QED) is 0.669. The highest BCUT2D eigenvalue weighted by Crippen LogP contribution is 2.17. The number of hydrogen-bond donors (Lipinski definition) is 3. The van der Waals surface area contributed by atoms with Crippen molar-refractivity contribution in [2.24, 2.45) is 11.8 Å². The Morgan fingerprint density at radius 1 is 1.37 bits per heavy atom. The zero-order valence-electron chi connectivity index (χ0n) is 12.2. The highest BCUT2D eigenvalue weighted by atomic mass is 35.5. The van der Waals surface area contributed by atoms with Gasteiger partial charge in [0.25, 0.3) is 0 Å². The van der Waals surface area contributed by atoms with Gasteiger partial charge in [0.05, 0.1) is 6.10 Å². The van der Waals surface area contributed by atoms with E-state index in [1.807, 2.05) is 13.8 Å². The summed E-state index contributed by atoms with van der Waals surface area (Å²) >= 11 is 0. The van der Waals surface area contributed by atoms with Crippen molar-refractivity contribution in [2.45, 2.75) is 52.1 Å². The van der Waals surface area contributed by atoms with Gasteiger partial charge in [0, 0.05) is 13.0 Å². The van der Waals surface area contributed by atoms with E-state index in [4.69, 9.17) is 0 Å². The van der Waals surface area contributed by atoms with Gasteiger partial charge in [-0.3, -0.25) is 4.79 Å². The largest absolute Gasteiger partial charge is 0.393 e. The molecule has 1 amide bonds. The molecule has 0 aromatic heterocycles. The van der Waals surface area contributed by atoms with Crippen LogP contribution in [0.5, 0.6) is 0 Å². The third-order valence-electron chi connectivity index (χ3n) is 3.77. The van der Waals surface area contributed by atoms with Gasteiger partial charge in [-0.1, -0.05) is 13.8 Å². The van der Waals surface area contributed by atoms with Crippen molar-refractivity contribution in [1.82, 2.24) is 10.6 Å². The predicted molar refractivity (Wildman–Crippen MR) is 80.5 cm³/mol. The van der Waals surface area contributed by atoms with Crippen LogP contribution in [0.3, 0.4) is 0 Å². The summed E-state index contributed by atoms with van der Waals surface area (Å²) in [5.74, 6) is 1.10. The smallest absolute Gasteiger partial charge is 0.220 e. The summed E-state index contributed by atoms with van der Waals surface area (Å²) in [7, 11) is 0. The van der Waals surface area contributed by atoms with Crippen LogP contribution in [-0.2, 0) is 4.79 Å². The molecule has 0 aliphatic carbocycles. The molecule has 1 fully saturated rings. The van der Waals surface area contributed by atoms with Gasteiger partial charge in [-0.15, -0.1) is 12.4 Å². The molecular weight excluding hydrogens is 264 g/mol. The summed E-state index contributed by atoms with van der Waals surface area (Å²) < 4.78 is 0. The van der Waals surface area contributed by atoms with E-state index >= 15 is 0 Å². The number of rotatable bonds is 7. The van der Waals surface area contributed by atoms with Crippen LogP contribution in [0.2, 0.25) is 0 Å². The molecule has 0 aromatic carbocycles. The molecule has 114 valence electrons. The van der Waals surface area contributed by atoms with Crippen molar-refractivity contribution in [3.63, 3.8) is 0 Å². The molecule has 0 spiro atoms. The molecule has 1 aliphatic rings. The zero-order chi connectivity index (χ0) is 13.4. The van der Waals surface area contributed by atoms with E-state index in [2.05, 4.69) is 10.6 Å². The normalized spacial score (nSPS) is 17.9. The minimum Gasteiger partial charge on any atom is -0.393 e. The van der Waals surface area contributed by atoms with Crippen molar-refractivity contribution in [1.29, 1.82) is 0 Å². The first-order valence-corrected chi connectivity index (χ1v) is 7.25. The molecule has 1 heterocycles. The molecule has 5 heteroatoms. The lowest BCUT2D eigenvalue weighted by molar-refractivity contribution is -0.121. The lowest BCUT2D eigenvalue weighted by atomic mass is 9.93. The minimum atomic E-state index is -0.310. The van der Waals surface area contributed by atoms with Gasteiger partial charge in [0.15, 0.2) is 0 Å².